The Morgan fingerprint density at radius 2 is 1.65 bits per heavy atom. The highest BCUT2D eigenvalue weighted by Gasteiger charge is 2.46. The highest BCUT2D eigenvalue weighted by molar-refractivity contribution is 6.25. The number of carbonyl (C=O) groups is 6. The number of imidazole rings is 1. The number of anilines is 3. The number of carbonyl (C=O) groups excluding carboxylic acids is 6. The fourth-order valence-electron chi connectivity index (χ4n) is 8.32. The van der Waals surface area contributed by atoms with E-state index in [1.807, 2.05) is 24.3 Å². The summed E-state index contributed by atoms with van der Waals surface area (Å²) in [5, 5.41) is 8.13. The first-order valence-electron chi connectivity index (χ1n) is 19.1. The van der Waals surface area contributed by atoms with Gasteiger partial charge in [-0.05, 0) is 113 Å². The lowest BCUT2D eigenvalue weighted by molar-refractivity contribution is -0.136. The van der Waals surface area contributed by atoms with Gasteiger partial charge < -0.3 is 20.5 Å². The molecule has 3 fully saturated rings. The summed E-state index contributed by atoms with van der Waals surface area (Å²) >= 11 is 0. The van der Waals surface area contributed by atoms with Crippen LogP contribution in [0.4, 0.5) is 17.1 Å². The lowest BCUT2D eigenvalue weighted by atomic mass is 9.91. The Morgan fingerprint density at radius 1 is 0.873 bits per heavy atom. The van der Waals surface area contributed by atoms with E-state index in [1.54, 1.807) is 36.4 Å². The molecule has 4 N–H and O–H groups in total. The molecule has 14 nitrogen and oxygen atoms in total. The van der Waals surface area contributed by atoms with Crippen molar-refractivity contribution in [2.24, 2.45) is 5.92 Å². The molecule has 8 rings (SSSR count). The van der Waals surface area contributed by atoms with E-state index in [1.165, 1.54) is 12.8 Å². The Balaban J connectivity index is 0.801. The molecule has 4 aromatic rings. The quantitative estimate of drug-likeness (QED) is 0.166. The van der Waals surface area contributed by atoms with Gasteiger partial charge in [0.05, 0.1) is 34.4 Å². The number of nitrogens with zero attached hydrogens (tertiary/aromatic N) is 4. The summed E-state index contributed by atoms with van der Waals surface area (Å²) in [6, 6.07) is 17.2. The van der Waals surface area contributed by atoms with Crippen molar-refractivity contribution in [3.63, 3.8) is 0 Å². The number of imide groups is 2. The number of benzene rings is 3. The van der Waals surface area contributed by atoms with Crippen molar-refractivity contribution in [1.29, 1.82) is 0 Å². The van der Waals surface area contributed by atoms with Crippen LogP contribution in [-0.2, 0) is 20.9 Å². The van der Waals surface area contributed by atoms with E-state index in [9.17, 15) is 28.8 Å². The number of nitrogens with one attached hydrogen (secondary N) is 4. The molecule has 2 atom stereocenters. The number of aromatic amines is 1. The van der Waals surface area contributed by atoms with Crippen LogP contribution in [0.1, 0.15) is 95.2 Å². The Kier molecular flexibility index (Phi) is 9.91. The van der Waals surface area contributed by atoms with Crippen molar-refractivity contribution in [1.82, 2.24) is 25.1 Å². The van der Waals surface area contributed by atoms with E-state index < -0.39 is 29.7 Å². The van der Waals surface area contributed by atoms with Crippen LogP contribution < -0.4 is 20.9 Å². The minimum absolute atomic E-state index is 0.0678. The first-order chi connectivity index (χ1) is 26.6. The Bertz CT molecular complexity index is 2190. The Hall–Kier alpha value is -5.89. The van der Waals surface area contributed by atoms with Gasteiger partial charge in [-0.1, -0.05) is 6.07 Å². The Labute approximate surface area is 318 Å². The van der Waals surface area contributed by atoms with Gasteiger partial charge in [-0.3, -0.25) is 43.9 Å². The zero-order chi connectivity index (χ0) is 38.2. The largest absolute Gasteiger partial charge is 0.371 e. The Morgan fingerprint density at radius 3 is 2.40 bits per heavy atom. The highest BCUT2D eigenvalue weighted by Crippen LogP contribution is 2.36. The molecule has 4 aliphatic rings. The van der Waals surface area contributed by atoms with Crippen LogP contribution >= 0.6 is 0 Å². The van der Waals surface area contributed by atoms with Gasteiger partial charge >= 0.3 is 0 Å². The third-order valence-electron chi connectivity index (χ3n) is 11.4. The molecule has 0 spiro atoms. The normalized spacial score (nSPS) is 20.6. The van der Waals surface area contributed by atoms with E-state index in [2.05, 4.69) is 37.7 Å². The zero-order valence-corrected chi connectivity index (χ0v) is 30.7. The van der Waals surface area contributed by atoms with Gasteiger partial charge in [0, 0.05) is 48.9 Å². The van der Waals surface area contributed by atoms with Crippen molar-refractivity contribution in [3.8, 4) is 0 Å². The maximum Gasteiger partial charge on any atom is 0.264 e. The van der Waals surface area contributed by atoms with Gasteiger partial charge in [-0.25, -0.2) is 4.98 Å². The first kappa shape index (κ1) is 36.1. The summed E-state index contributed by atoms with van der Waals surface area (Å²) in [6.07, 6.45) is 5.26. The van der Waals surface area contributed by atoms with Crippen LogP contribution in [0.5, 0.6) is 0 Å². The second-order valence-corrected chi connectivity index (χ2v) is 15.1. The fraction of sp³-hybridized carbons (Fsp3) is 0.390. The van der Waals surface area contributed by atoms with E-state index in [-0.39, 0.29) is 30.2 Å². The van der Waals surface area contributed by atoms with Crippen molar-refractivity contribution < 1.29 is 28.8 Å². The molecule has 1 unspecified atom stereocenters. The van der Waals surface area contributed by atoms with Gasteiger partial charge in [-0.15, -0.1) is 0 Å². The molecule has 0 saturated carbocycles. The lowest BCUT2D eigenvalue weighted by Gasteiger charge is -2.34. The predicted octanol–water partition coefficient (Wildman–Crippen LogP) is 4.84. The molecule has 0 radical (unpaired) electrons. The second-order valence-electron chi connectivity index (χ2n) is 15.1. The molecule has 6 amide bonds. The topological polar surface area (TPSA) is 177 Å². The number of hydrogen-bond donors (Lipinski definition) is 4. The smallest absolute Gasteiger partial charge is 0.264 e. The highest BCUT2D eigenvalue weighted by atomic mass is 16.2. The summed E-state index contributed by atoms with van der Waals surface area (Å²) in [7, 11) is 0. The van der Waals surface area contributed by atoms with Crippen LogP contribution in [0, 0.1) is 5.92 Å². The molecule has 0 bridgehead atoms. The summed E-state index contributed by atoms with van der Waals surface area (Å²) in [5.41, 5.74) is 4.69. The molecule has 55 heavy (non-hydrogen) atoms. The molecule has 1 aromatic heterocycles. The lowest BCUT2D eigenvalue weighted by Crippen LogP contribution is -2.54. The summed E-state index contributed by atoms with van der Waals surface area (Å²) in [4.78, 5) is 90.5. The average molecular weight is 745 g/mol. The van der Waals surface area contributed by atoms with Gasteiger partial charge in [0.25, 0.3) is 17.7 Å². The fourth-order valence-corrected chi connectivity index (χ4v) is 8.32. The number of piperidine rings is 2. The monoisotopic (exact) mass is 744 g/mol. The molecule has 0 aliphatic carbocycles. The van der Waals surface area contributed by atoms with Crippen LogP contribution in [-0.4, -0.2) is 86.9 Å². The van der Waals surface area contributed by atoms with Gasteiger partial charge in [0.1, 0.15) is 11.9 Å². The SMILES string of the molecule is C[C@H]1CCCN1Cc1nc2cc(NC(=O)c3ccc(NC(=O)CCC4CCN(c5cccc6c5C(=O)N(C5CCC(=O)NC5=O)C6=O)CC4)cc3)ccc2[nH]1. The predicted molar refractivity (Wildman–Crippen MR) is 206 cm³/mol. The van der Waals surface area contributed by atoms with Crippen molar-refractivity contribution >= 4 is 63.5 Å². The standard InChI is InChI=1S/C41H44N8O6/c1-24-4-3-19-48(24)23-34-44-30-13-12-28(22-31(30)45-34)43-38(52)26-8-10-27(11-9-26)42-35(50)15-7-25-17-20-47(21-18-25)32-6-2-5-29-37(32)41(55)49(40(29)54)33-14-16-36(51)46-39(33)53/h2,5-6,8-13,22,24-25,33H,3-4,7,14-21,23H2,1H3,(H,42,50)(H,43,52)(H,44,45)(H,46,51,53)/t24-,33?/m0/s1. The average Bonchev–Trinajstić information content (AvgIpc) is 3.85. The minimum Gasteiger partial charge on any atom is -0.371 e. The summed E-state index contributed by atoms with van der Waals surface area (Å²) < 4.78 is 0. The number of amides is 6. The van der Waals surface area contributed by atoms with Crippen LogP contribution in [0.25, 0.3) is 11.0 Å². The molecule has 5 heterocycles. The van der Waals surface area contributed by atoms with Gasteiger partial charge in [0.2, 0.25) is 17.7 Å². The molecule has 14 heteroatoms. The van der Waals surface area contributed by atoms with E-state index in [0.29, 0.717) is 66.1 Å². The summed E-state index contributed by atoms with van der Waals surface area (Å²) in [5.74, 6) is -1.21. The van der Waals surface area contributed by atoms with Gasteiger partial charge in [0.15, 0.2) is 0 Å². The van der Waals surface area contributed by atoms with E-state index >= 15 is 0 Å². The molecule has 3 aromatic carbocycles. The van der Waals surface area contributed by atoms with Crippen LogP contribution in [0.2, 0.25) is 0 Å². The number of aromatic nitrogens is 2. The molecule has 3 saturated heterocycles. The number of hydrogen-bond acceptors (Lipinski definition) is 9. The van der Waals surface area contributed by atoms with E-state index in [4.69, 9.17) is 4.98 Å². The molecular formula is C41H44N8O6. The minimum atomic E-state index is -1.01. The van der Waals surface area contributed by atoms with Crippen LogP contribution in [0.3, 0.4) is 0 Å². The zero-order valence-electron chi connectivity index (χ0n) is 30.7. The van der Waals surface area contributed by atoms with Crippen molar-refractivity contribution in [3.05, 3.63) is 83.2 Å². The number of likely N-dealkylation sites (tertiary alicyclic amines) is 1. The second kappa shape index (κ2) is 15.1. The van der Waals surface area contributed by atoms with Gasteiger partial charge in [-0.2, -0.15) is 0 Å². The number of rotatable bonds is 10. The van der Waals surface area contributed by atoms with Crippen LogP contribution in [0.15, 0.2) is 60.7 Å². The van der Waals surface area contributed by atoms with Crippen molar-refractivity contribution in [2.75, 3.05) is 35.2 Å². The molecule has 4 aliphatic heterocycles. The van der Waals surface area contributed by atoms with Crippen molar-refractivity contribution in [2.45, 2.75) is 76.9 Å². The summed E-state index contributed by atoms with van der Waals surface area (Å²) in [6.45, 7) is 5.41. The third kappa shape index (κ3) is 7.46. The molecular weight excluding hydrogens is 701 g/mol. The van der Waals surface area contributed by atoms with E-state index in [0.717, 1.165) is 47.7 Å². The maximum atomic E-state index is 13.5. The number of fused-ring (bicyclic) bond motifs is 2. The number of H-pyrrole nitrogens is 1. The third-order valence-corrected chi connectivity index (χ3v) is 11.4. The maximum absolute atomic E-state index is 13.5. The first-order valence-corrected chi connectivity index (χ1v) is 19.1. The molecule has 284 valence electrons.